The zero-order valence-corrected chi connectivity index (χ0v) is 25.7. The van der Waals surface area contributed by atoms with Gasteiger partial charge >= 0.3 is 0 Å². The minimum Gasteiger partial charge on any atom is -0.481 e. The van der Waals surface area contributed by atoms with Gasteiger partial charge in [-0.25, -0.2) is 8.78 Å². The number of hydrogen-bond acceptors (Lipinski definition) is 12. The number of carbonyl (C=O) groups is 1. The summed E-state index contributed by atoms with van der Waals surface area (Å²) in [5, 5.41) is 7.21. The number of anilines is 3. The Morgan fingerprint density at radius 1 is 1.04 bits per heavy atom. The van der Waals surface area contributed by atoms with E-state index in [0.29, 0.717) is 82.1 Å². The first-order chi connectivity index (χ1) is 22.3. The highest BCUT2D eigenvalue weighted by atomic mass is 19.1. The first-order valence-corrected chi connectivity index (χ1v) is 15.3. The lowest BCUT2D eigenvalue weighted by molar-refractivity contribution is -0.123. The fourth-order valence-electron chi connectivity index (χ4n) is 5.46. The number of likely N-dealkylation sites (N-methyl/N-ethyl adjacent to an activating group) is 1. The number of ether oxygens (including phenoxy) is 2. The Kier molecular flexibility index (Phi) is 9.75. The third kappa shape index (κ3) is 7.46. The van der Waals surface area contributed by atoms with Crippen LogP contribution in [0.5, 0.6) is 5.75 Å². The highest BCUT2D eigenvalue weighted by Crippen LogP contribution is 2.29. The highest BCUT2D eigenvalue weighted by Gasteiger charge is 2.23. The molecule has 2 aliphatic heterocycles. The molecule has 3 N–H and O–H groups in total. The molecule has 0 radical (unpaired) electrons. The second-order valence-corrected chi connectivity index (χ2v) is 11.2. The molecule has 14 nitrogen and oxygen atoms in total. The number of hydrogen-bond donors (Lipinski definition) is 2. The van der Waals surface area contributed by atoms with Crippen molar-refractivity contribution in [1.29, 1.82) is 0 Å². The van der Waals surface area contributed by atoms with Crippen LogP contribution >= 0.6 is 0 Å². The molecule has 1 aromatic carbocycles. The van der Waals surface area contributed by atoms with Gasteiger partial charge in [0.1, 0.15) is 11.5 Å². The molecule has 46 heavy (non-hydrogen) atoms. The molecule has 0 bridgehead atoms. The lowest BCUT2D eigenvalue weighted by Gasteiger charge is -2.37. The molecule has 0 atom stereocenters. The van der Waals surface area contributed by atoms with Crippen LogP contribution in [-0.2, 0) is 9.53 Å². The van der Waals surface area contributed by atoms with Crippen molar-refractivity contribution >= 4 is 29.1 Å². The summed E-state index contributed by atoms with van der Waals surface area (Å²) in [5.41, 5.74) is 7.58. The molecule has 2 aliphatic rings. The fourth-order valence-corrected chi connectivity index (χ4v) is 5.46. The lowest BCUT2D eigenvalue weighted by atomic mass is 10.2. The van der Waals surface area contributed by atoms with Gasteiger partial charge in [0.15, 0.2) is 29.6 Å². The number of fused-ring (bicyclic) bond motifs is 1. The molecule has 3 aromatic heterocycles. The largest absolute Gasteiger partial charge is 0.481 e. The molecular formula is C30H38F2N10O4. The molecule has 16 heteroatoms. The van der Waals surface area contributed by atoms with E-state index in [4.69, 9.17) is 19.6 Å². The first-order valence-electron chi connectivity index (χ1n) is 15.3. The van der Waals surface area contributed by atoms with E-state index in [1.165, 1.54) is 10.6 Å². The molecule has 0 unspecified atom stereocenters. The number of piperazine rings is 1. The van der Waals surface area contributed by atoms with Gasteiger partial charge in [0, 0.05) is 90.7 Å². The zero-order valence-electron chi connectivity index (χ0n) is 25.7. The summed E-state index contributed by atoms with van der Waals surface area (Å²) in [7, 11) is 1.89. The van der Waals surface area contributed by atoms with Crippen LogP contribution in [-0.4, -0.2) is 128 Å². The number of nitrogens with two attached hydrogens (primary N) is 1. The maximum absolute atomic E-state index is 14.8. The van der Waals surface area contributed by atoms with Crippen LogP contribution in [0.25, 0.3) is 17.1 Å². The third-order valence-corrected chi connectivity index (χ3v) is 8.13. The van der Waals surface area contributed by atoms with Crippen molar-refractivity contribution in [2.75, 3.05) is 108 Å². The molecular weight excluding hydrogens is 602 g/mol. The topological polar surface area (TPSA) is 143 Å². The number of carbonyl (C=O) groups excluding carboxylic acids is 1. The summed E-state index contributed by atoms with van der Waals surface area (Å²) >= 11 is 0. The minimum absolute atomic E-state index is 0.158. The highest BCUT2D eigenvalue weighted by molar-refractivity contribution is 5.77. The fraction of sp³-hybridized carbons (Fsp3) is 0.467. The van der Waals surface area contributed by atoms with Gasteiger partial charge < -0.3 is 34.7 Å². The van der Waals surface area contributed by atoms with E-state index in [0.717, 1.165) is 25.7 Å². The van der Waals surface area contributed by atoms with Crippen molar-refractivity contribution in [1.82, 2.24) is 34.7 Å². The smallest absolute Gasteiger partial charge is 0.257 e. The van der Waals surface area contributed by atoms with E-state index in [1.807, 2.05) is 22.9 Å². The molecule has 0 saturated carbocycles. The Hall–Kier alpha value is -4.54. The van der Waals surface area contributed by atoms with E-state index in [9.17, 15) is 13.6 Å². The Labute approximate surface area is 264 Å². The van der Waals surface area contributed by atoms with Gasteiger partial charge in [-0.2, -0.15) is 19.6 Å². The Bertz CT molecular complexity index is 1620. The lowest BCUT2D eigenvalue weighted by Crippen LogP contribution is -2.48. The average Bonchev–Trinajstić information content (AvgIpc) is 3.75. The molecule has 6 rings (SSSR count). The number of amides is 1. The predicted molar refractivity (Wildman–Crippen MR) is 167 cm³/mol. The van der Waals surface area contributed by atoms with Crippen molar-refractivity contribution in [3.8, 4) is 17.2 Å². The summed E-state index contributed by atoms with van der Waals surface area (Å²) in [6.07, 6.45) is 1.58. The number of nitrogens with zero attached hydrogens (tertiary/aromatic N) is 8. The summed E-state index contributed by atoms with van der Waals surface area (Å²) in [6.45, 7) is 7.56. The van der Waals surface area contributed by atoms with Crippen LogP contribution in [0.1, 0.15) is 0 Å². The molecule has 2 fully saturated rings. The van der Waals surface area contributed by atoms with Gasteiger partial charge in [-0.1, -0.05) is 0 Å². The van der Waals surface area contributed by atoms with Crippen LogP contribution in [0.2, 0.25) is 0 Å². The van der Waals surface area contributed by atoms with Crippen LogP contribution in [0, 0.1) is 11.6 Å². The number of nitrogen functional groups attached to an aromatic ring is 1. The van der Waals surface area contributed by atoms with Crippen LogP contribution in [0.15, 0.2) is 41.0 Å². The third-order valence-electron chi connectivity index (χ3n) is 8.13. The van der Waals surface area contributed by atoms with E-state index < -0.39 is 11.6 Å². The van der Waals surface area contributed by atoms with Crippen molar-refractivity contribution in [2.24, 2.45) is 0 Å². The van der Waals surface area contributed by atoms with Gasteiger partial charge in [0.05, 0.1) is 25.2 Å². The number of rotatable bonds is 12. The first kappa shape index (κ1) is 31.4. The van der Waals surface area contributed by atoms with Crippen molar-refractivity contribution in [3.05, 3.63) is 48.2 Å². The second-order valence-electron chi connectivity index (χ2n) is 11.2. The summed E-state index contributed by atoms with van der Waals surface area (Å²) < 4.78 is 47.0. The number of nitrogens with one attached hydrogen (secondary N) is 1. The maximum Gasteiger partial charge on any atom is 0.257 e. The normalized spacial score (nSPS) is 16.2. The number of benzene rings is 1. The standard InChI is InChI=1S/C30H38F2N10O4/c1-38(30-35-27-18-23(25-3-2-14-45-25)37-42(27)29(33)36-30)6-7-40-8-10-41(11-9-40)24-19-26(22(32)17-21(24)31)46-20-28(43)34-4-5-39-12-15-44-16-13-39/h2-3,14,17-19H,4-13,15-16,20H2,1H3,(H,34,43)(H2,33,35,36). The summed E-state index contributed by atoms with van der Waals surface area (Å²) in [5.74, 6) is -0.746. The summed E-state index contributed by atoms with van der Waals surface area (Å²) in [6, 6.07) is 7.53. The Balaban J connectivity index is 0.978. The monoisotopic (exact) mass is 640 g/mol. The van der Waals surface area contributed by atoms with Gasteiger partial charge in [-0.3, -0.25) is 14.6 Å². The van der Waals surface area contributed by atoms with E-state index in [2.05, 4.69) is 30.2 Å². The molecule has 0 aliphatic carbocycles. The van der Waals surface area contributed by atoms with E-state index in [-0.39, 0.29) is 29.9 Å². The van der Waals surface area contributed by atoms with Crippen molar-refractivity contribution < 1.29 is 27.5 Å². The molecule has 5 heterocycles. The van der Waals surface area contributed by atoms with Crippen LogP contribution in [0.4, 0.5) is 26.4 Å². The maximum atomic E-state index is 14.8. The van der Waals surface area contributed by atoms with Crippen LogP contribution < -0.4 is 25.6 Å². The number of aromatic nitrogens is 4. The summed E-state index contributed by atoms with van der Waals surface area (Å²) in [4.78, 5) is 29.5. The molecule has 0 spiro atoms. The molecule has 2 saturated heterocycles. The zero-order chi connectivity index (χ0) is 32.0. The quantitative estimate of drug-likeness (QED) is 0.231. The Morgan fingerprint density at radius 3 is 2.59 bits per heavy atom. The van der Waals surface area contributed by atoms with E-state index >= 15 is 0 Å². The van der Waals surface area contributed by atoms with Gasteiger partial charge in [-0.15, -0.1) is 0 Å². The minimum atomic E-state index is -0.849. The molecule has 1 amide bonds. The molecule has 4 aromatic rings. The number of halogens is 2. The molecule has 246 valence electrons. The Morgan fingerprint density at radius 2 is 1.83 bits per heavy atom. The van der Waals surface area contributed by atoms with E-state index in [1.54, 1.807) is 18.4 Å². The predicted octanol–water partition coefficient (Wildman–Crippen LogP) is 1.33. The SMILES string of the molecule is CN(CCN1CCN(c2cc(OCC(=O)NCCN3CCOCC3)c(F)cc2F)CC1)c1nc(N)n2nc(-c3ccco3)cc2n1. The van der Waals surface area contributed by atoms with Gasteiger partial charge in [0.25, 0.3) is 5.91 Å². The van der Waals surface area contributed by atoms with Gasteiger partial charge in [-0.05, 0) is 12.1 Å². The van der Waals surface area contributed by atoms with Crippen molar-refractivity contribution in [3.63, 3.8) is 0 Å². The van der Waals surface area contributed by atoms with Crippen LogP contribution in [0.3, 0.4) is 0 Å². The van der Waals surface area contributed by atoms with Gasteiger partial charge in [0.2, 0.25) is 11.9 Å². The second kappa shape index (κ2) is 14.3. The number of furan rings is 1. The average molecular weight is 641 g/mol. The number of morpholine rings is 1. The van der Waals surface area contributed by atoms with Crippen molar-refractivity contribution in [2.45, 2.75) is 0 Å².